The molecule has 28 heavy (non-hydrogen) atoms. The molecule has 0 aromatic rings. The third-order valence-corrected chi connectivity index (χ3v) is 7.42. The first-order valence-electron chi connectivity index (χ1n) is 9.21. The Kier molecular flexibility index (Phi) is 4.97. The van der Waals surface area contributed by atoms with E-state index >= 15 is 0 Å². The molecule has 0 aromatic carbocycles. The van der Waals surface area contributed by atoms with E-state index in [1.54, 1.807) is 13.8 Å². The third kappa shape index (κ3) is 4.36. The van der Waals surface area contributed by atoms with Crippen molar-refractivity contribution >= 4 is 26.6 Å². The molecule has 0 aromatic heterocycles. The van der Waals surface area contributed by atoms with Crippen molar-refractivity contribution in [2.75, 3.05) is 0 Å². The average Bonchev–Trinajstić information content (AvgIpc) is 2.39. The zero-order valence-corrected chi connectivity index (χ0v) is 17.9. The van der Waals surface area contributed by atoms with Gasteiger partial charge in [0.1, 0.15) is 5.60 Å². The van der Waals surface area contributed by atoms with Crippen LogP contribution in [-0.2, 0) is 38.5 Å². The van der Waals surface area contributed by atoms with Gasteiger partial charge >= 0.3 is 26.6 Å². The van der Waals surface area contributed by atoms with Crippen LogP contribution in [0.1, 0.15) is 65.7 Å². The van der Waals surface area contributed by atoms with Gasteiger partial charge in [0.15, 0.2) is 0 Å². The third-order valence-electron chi connectivity index (χ3n) is 6.25. The lowest BCUT2D eigenvalue weighted by atomic mass is 9.50. The molecule has 4 fully saturated rings. The molecule has 0 saturated heterocycles. The van der Waals surface area contributed by atoms with Gasteiger partial charge in [-0.05, 0) is 45.4 Å². The lowest BCUT2D eigenvalue weighted by Crippen LogP contribution is -2.69. The van der Waals surface area contributed by atoms with E-state index in [9.17, 15) is 21.6 Å². The smallest absolute Gasteiger partial charge is 0.333 e. The Balaban J connectivity index is 2.01. The van der Waals surface area contributed by atoms with Crippen molar-refractivity contribution in [1.82, 2.24) is 0 Å². The summed E-state index contributed by atoms with van der Waals surface area (Å²) in [7, 11) is -8.64. The second kappa shape index (κ2) is 6.35. The van der Waals surface area contributed by atoms with Crippen LogP contribution in [0.2, 0.25) is 0 Å². The summed E-state index contributed by atoms with van der Waals surface area (Å²) in [6.45, 7) is 5.37. The van der Waals surface area contributed by atoms with E-state index < -0.39 is 48.8 Å². The Labute approximate surface area is 165 Å². The van der Waals surface area contributed by atoms with Crippen LogP contribution in [-0.4, -0.2) is 39.6 Å². The molecule has 4 aliphatic rings. The molecule has 4 aliphatic carbocycles. The van der Waals surface area contributed by atoms with Crippen molar-refractivity contribution in [1.29, 1.82) is 0 Å². The Morgan fingerprint density at radius 2 is 1.32 bits per heavy atom. The van der Waals surface area contributed by atoms with Crippen molar-refractivity contribution in [3.05, 3.63) is 0 Å². The molecule has 0 aliphatic heterocycles. The number of nitrogens with two attached hydrogens (primary N) is 2. The normalized spacial score (nSPS) is 37.8. The molecule has 0 spiro atoms. The quantitative estimate of drug-likeness (QED) is 0.544. The Hall–Kier alpha value is -0.790. The van der Waals surface area contributed by atoms with Crippen LogP contribution in [0.15, 0.2) is 0 Å². The zero-order valence-electron chi connectivity index (χ0n) is 16.3. The topological polar surface area (TPSA) is 165 Å². The minimum absolute atomic E-state index is 0.0141. The van der Waals surface area contributed by atoms with Crippen LogP contribution >= 0.6 is 0 Å². The number of rotatable bonds is 7. The largest absolute Gasteiger partial charge is 0.458 e. The standard InChI is InChI=1S/C16H28N2O8S2/c1-4-13(2,3)12(19)24-14-5-11-6-15(8-14,25-27(17,20)21)10-16(7-11,9-14)26-28(18,22)23/h11H,4-10H2,1-3H3,(H2,17,20,21)(H2,18,22,23). The van der Waals surface area contributed by atoms with Crippen LogP contribution in [0.25, 0.3) is 0 Å². The summed E-state index contributed by atoms with van der Waals surface area (Å²) in [6, 6.07) is 0. The minimum atomic E-state index is -4.32. The fraction of sp³-hybridized carbons (Fsp3) is 0.938. The first-order chi connectivity index (χ1) is 12.5. The monoisotopic (exact) mass is 440 g/mol. The van der Waals surface area contributed by atoms with E-state index in [2.05, 4.69) is 0 Å². The first-order valence-corrected chi connectivity index (χ1v) is 12.2. The molecular weight excluding hydrogens is 412 g/mol. The van der Waals surface area contributed by atoms with E-state index in [0.717, 1.165) is 0 Å². The van der Waals surface area contributed by atoms with Gasteiger partial charge in [0.25, 0.3) is 0 Å². The lowest BCUT2D eigenvalue weighted by Gasteiger charge is -2.63. The highest BCUT2D eigenvalue weighted by molar-refractivity contribution is 7.84. The Morgan fingerprint density at radius 3 is 1.71 bits per heavy atom. The Bertz CT molecular complexity index is 832. The minimum Gasteiger partial charge on any atom is -0.458 e. The van der Waals surface area contributed by atoms with Gasteiger partial charge in [0, 0.05) is 19.3 Å². The fourth-order valence-electron chi connectivity index (χ4n) is 5.45. The lowest BCUT2D eigenvalue weighted by molar-refractivity contribution is -0.250. The van der Waals surface area contributed by atoms with Gasteiger partial charge in [-0.25, -0.2) is 10.3 Å². The van der Waals surface area contributed by atoms with Gasteiger partial charge in [0.2, 0.25) is 0 Å². The number of hydrogen-bond donors (Lipinski definition) is 2. The molecule has 4 saturated carbocycles. The molecule has 0 radical (unpaired) electrons. The summed E-state index contributed by atoms with van der Waals surface area (Å²) in [5.74, 6) is -0.592. The highest BCUT2D eigenvalue weighted by Gasteiger charge is 2.68. The van der Waals surface area contributed by atoms with Crippen LogP contribution in [0, 0.1) is 11.3 Å². The Morgan fingerprint density at radius 1 is 0.929 bits per heavy atom. The van der Waals surface area contributed by atoms with Crippen LogP contribution in [0.4, 0.5) is 0 Å². The van der Waals surface area contributed by atoms with E-state index in [-0.39, 0.29) is 25.2 Å². The highest BCUT2D eigenvalue weighted by atomic mass is 32.2. The van der Waals surface area contributed by atoms with E-state index in [0.29, 0.717) is 25.7 Å². The van der Waals surface area contributed by atoms with Crippen molar-refractivity contribution in [2.24, 2.45) is 21.6 Å². The summed E-state index contributed by atoms with van der Waals surface area (Å²) in [4.78, 5) is 12.8. The van der Waals surface area contributed by atoms with Crippen LogP contribution < -0.4 is 10.3 Å². The molecule has 10 nitrogen and oxygen atoms in total. The van der Waals surface area contributed by atoms with Gasteiger partial charge in [-0.1, -0.05) is 6.92 Å². The number of hydrogen-bond acceptors (Lipinski definition) is 8. The van der Waals surface area contributed by atoms with Crippen molar-refractivity contribution < 1.29 is 34.7 Å². The van der Waals surface area contributed by atoms with Gasteiger partial charge in [-0.2, -0.15) is 16.8 Å². The number of esters is 1. The second-order valence-electron chi connectivity index (χ2n) is 9.34. The molecular formula is C16H28N2O8S2. The zero-order chi connectivity index (χ0) is 21.2. The maximum Gasteiger partial charge on any atom is 0.333 e. The van der Waals surface area contributed by atoms with Crippen LogP contribution in [0.5, 0.6) is 0 Å². The maximum absolute atomic E-state index is 12.8. The molecule has 2 unspecified atom stereocenters. The predicted octanol–water partition coefficient (Wildman–Crippen LogP) is 0.620. The SMILES string of the molecule is CCC(C)(C)C(=O)OC12CC3CC(OS(N)(=O)=O)(C1)CC(OS(N)(=O)=O)(C3)C2. The molecule has 4 bridgehead atoms. The molecule has 2 atom stereocenters. The summed E-state index contributed by atoms with van der Waals surface area (Å²) in [6.07, 6.45) is 1.93. The van der Waals surface area contributed by atoms with Crippen LogP contribution in [0.3, 0.4) is 0 Å². The molecule has 4 N–H and O–H groups in total. The average molecular weight is 441 g/mol. The van der Waals surface area contributed by atoms with E-state index in [1.165, 1.54) is 0 Å². The highest BCUT2D eigenvalue weighted by Crippen LogP contribution is 2.63. The van der Waals surface area contributed by atoms with E-state index in [1.807, 2.05) is 6.92 Å². The number of carbonyl (C=O) groups excluding carboxylic acids is 1. The second-order valence-corrected chi connectivity index (χ2v) is 11.6. The summed E-state index contributed by atoms with van der Waals surface area (Å²) < 4.78 is 63.2. The van der Waals surface area contributed by atoms with Crippen molar-refractivity contribution in [3.8, 4) is 0 Å². The molecule has 0 heterocycles. The summed E-state index contributed by atoms with van der Waals surface area (Å²) >= 11 is 0. The van der Waals surface area contributed by atoms with E-state index in [4.69, 9.17) is 23.4 Å². The van der Waals surface area contributed by atoms with Gasteiger partial charge in [-0.3, -0.25) is 13.2 Å². The predicted molar refractivity (Wildman–Crippen MR) is 97.9 cm³/mol. The molecule has 4 rings (SSSR count). The van der Waals surface area contributed by atoms with Gasteiger partial charge in [0.05, 0.1) is 16.6 Å². The van der Waals surface area contributed by atoms with Gasteiger partial charge in [-0.15, -0.1) is 0 Å². The van der Waals surface area contributed by atoms with Gasteiger partial charge < -0.3 is 4.74 Å². The molecule has 12 heteroatoms. The summed E-state index contributed by atoms with van der Waals surface area (Å²) in [5.41, 5.74) is -4.44. The van der Waals surface area contributed by atoms with Crippen molar-refractivity contribution in [2.45, 2.75) is 82.5 Å². The summed E-state index contributed by atoms with van der Waals surface area (Å²) in [5, 5.41) is 10.2. The maximum atomic E-state index is 12.8. The number of ether oxygens (including phenoxy) is 1. The number of carbonyl (C=O) groups is 1. The first kappa shape index (κ1) is 21.9. The molecule has 162 valence electrons. The molecule has 0 amide bonds. The van der Waals surface area contributed by atoms with Crippen molar-refractivity contribution in [3.63, 3.8) is 0 Å². The fourth-order valence-corrected chi connectivity index (χ4v) is 6.81.